The molecule has 0 fully saturated rings. The van der Waals surface area contributed by atoms with E-state index in [-0.39, 0.29) is 11.2 Å². The molecule has 3 rings (SSSR count). The van der Waals surface area contributed by atoms with Crippen molar-refractivity contribution in [1.29, 1.82) is 0 Å². The summed E-state index contributed by atoms with van der Waals surface area (Å²) in [5, 5.41) is 0. The van der Waals surface area contributed by atoms with E-state index in [0.717, 1.165) is 18.6 Å². The molecule has 0 spiro atoms. The maximum absolute atomic E-state index is 6.16. The highest BCUT2D eigenvalue weighted by atomic mass is 16.5. The normalized spacial score (nSPS) is 30.2. The zero-order valence-corrected chi connectivity index (χ0v) is 11.4. The molecule has 0 saturated heterocycles. The Labute approximate surface area is 114 Å². The van der Waals surface area contributed by atoms with Gasteiger partial charge >= 0.3 is 0 Å². The molecule has 98 valence electrons. The Morgan fingerprint density at radius 3 is 2.84 bits per heavy atom. The number of rotatable bonds is 4. The third-order valence-corrected chi connectivity index (χ3v) is 3.92. The number of benzene rings is 1. The lowest BCUT2D eigenvalue weighted by atomic mass is 9.83. The van der Waals surface area contributed by atoms with E-state index < -0.39 is 0 Å². The average molecular weight is 254 g/mol. The Morgan fingerprint density at radius 2 is 2.05 bits per heavy atom. The molecule has 1 aromatic carbocycles. The molecule has 2 atom stereocenters. The van der Waals surface area contributed by atoms with E-state index in [9.17, 15) is 0 Å². The Hall–Kier alpha value is -1.72. The van der Waals surface area contributed by atoms with Crippen LogP contribution in [0.15, 0.2) is 30.4 Å². The van der Waals surface area contributed by atoms with Gasteiger partial charge in [-0.15, -0.1) is 12.3 Å². The Balaban J connectivity index is 1.90. The van der Waals surface area contributed by atoms with Gasteiger partial charge in [0.1, 0.15) is 17.0 Å². The molecule has 2 heterocycles. The first-order valence-corrected chi connectivity index (χ1v) is 6.70. The van der Waals surface area contributed by atoms with Crippen molar-refractivity contribution >= 4 is 0 Å². The molecule has 2 unspecified atom stereocenters. The van der Waals surface area contributed by atoms with E-state index in [4.69, 9.17) is 15.9 Å². The molecule has 0 aliphatic carbocycles. The quantitative estimate of drug-likeness (QED) is 0.465. The third kappa shape index (κ3) is 1.77. The number of hydrogen-bond donors (Lipinski definition) is 0. The van der Waals surface area contributed by atoms with Crippen molar-refractivity contribution in [2.45, 2.75) is 37.9 Å². The molecule has 2 heteroatoms. The maximum Gasteiger partial charge on any atom is 0.126 e. The first kappa shape index (κ1) is 12.3. The van der Waals surface area contributed by atoms with Crippen molar-refractivity contribution in [2.75, 3.05) is 6.61 Å². The molecule has 2 aliphatic rings. The van der Waals surface area contributed by atoms with E-state index in [1.165, 1.54) is 11.1 Å². The van der Waals surface area contributed by atoms with E-state index in [1.54, 1.807) is 0 Å². The molecule has 19 heavy (non-hydrogen) atoms. The Bertz CT molecular complexity index is 581. The zero-order valence-electron chi connectivity index (χ0n) is 11.4. The predicted molar refractivity (Wildman–Crippen MR) is 74.9 cm³/mol. The van der Waals surface area contributed by atoms with Crippen LogP contribution >= 0.6 is 0 Å². The van der Waals surface area contributed by atoms with Gasteiger partial charge in [-0.25, -0.2) is 0 Å². The number of hydrogen-bond acceptors (Lipinski definition) is 2. The summed E-state index contributed by atoms with van der Waals surface area (Å²) in [4.78, 5) is 0. The monoisotopic (exact) mass is 254 g/mol. The lowest BCUT2D eigenvalue weighted by Gasteiger charge is -2.21. The van der Waals surface area contributed by atoms with Crippen LogP contribution in [0.2, 0.25) is 0 Å². The SMILES string of the molecule is C#CCCCOc1cccc2c1C1(C)C=CC2(C)O1. The van der Waals surface area contributed by atoms with Crippen molar-refractivity contribution < 1.29 is 9.47 Å². The lowest BCUT2D eigenvalue weighted by molar-refractivity contribution is -0.0501. The van der Waals surface area contributed by atoms with Crippen LogP contribution in [0.4, 0.5) is 0 Å². The van der Waals surface area contributed by atoms with E-state index >= 15 is 0 Å². The van der Waals surface area contributed by atoms with Crippen LogP contribution in [-0.2, 0) is 15.9 Å². The second kappa shape index (κ2) is 4.15. The molecular weight excluding hydrogens is 236 g/mol. The van der Waals surface area contributed by atoms with Crippen LogP contribution in [0, 0.1) is 12.3 Å². The standard InChI is InChI=1S/C17H18O2/c1-4-5-6-12-18-14-9-7-8-13-15(14)17(3)11-10-16(13,2)19-17/h1,7-11H,5-6,12H2,2-3H3. The second-order valence-corrected chi connectivity index (χ2v) is 5.48. The molecule has 0 aromatic heterocycles. The largest absolute Gasteiger partial charge is 0.493 e. The van der Waals surface area contributed by atoms with Crippen LogP contribution in [-0.4, -0.2) is 6.61 Å². The second-order valence-electron chi connectivity index (χ2n) is 5.48. The summed E-state index contributed by atoms with van der Waals surface area (Å²) in [5.74, 6) is 3.55. The van der Waals surface area contributed by atoms with Crippen LogP contribution in [0.25, 0.3) is 0 Å². The Morgan fingerprint density at radius 1 is 1.26 bits per heavy atom. The van der Waals surface area contributed by atoms with Crippen LogP contribution in [0.1, 0.15) is 37.8 Å². The molecule has 0 N–H and O–H groups in total. The summed E-state index contributed by atoms with van der Waals surface area (Å²) in [7, 11) is 0. The van der Waals surface area contributed by atoms with Crippen LogP contribution in [0.3, 0.4) is 0 Å². The van der Waals surface area contributed by atoms with Crippen LogP contribution in [0.5, 0.6) is 5.75 Å². The fourth-order valence-electron chi connectivity index (χ4n) is 3.04. The van der Waals surface area contributed by atoms with E-state index in [1.807, 2.05) is 12.1 Å². The summed E-state index contributed by atoms with van der Waals surface area (Å²) in [6.07, 6.45) is 11.1. The van der Waals surface area contributed by atoms with Crippen molar-refractivity contribution in [1.82, 2.24) is 0 Å². The van der Waals surface area contributed by atoms with E-state index in [2.05, 4.69) is 38.0 Å². The van der Waals surface area contributed by atoms with Gasteiger partial charge < -0.3 is 9.47 Å². The van der Waals surface area contributed by atoms with Gasteiger partial charge in [0.2, 0.25) is 0 Å². The van der Waals surface area contributed by atoms with Crippen molar-refractivity contribution in [3.8, 4) is 18.1 Å². The highest BCUT2D eigenvalue weighted by Crippen LogP contribution is 2.56. The molecule has 1 aromatic rings. The average Bonchev–Trinajstić information content (AvgIpc) is 2.83. The van der Waals surface area contributed by atoms with Gasteiger partial charge in [-0.05, 0) is 44.1 Å². The van der Waals surface area contributed by atoms with Gasteiger partial charge in [0.25, 0.3) is 0 Å². The van der Waals surface area contributed by atoms with Crippen molar-refractivity contribution in [3.63, 3.8) is 0 Å². The third-order valence-electron chi connectivity index (χ3n) is 3.92. The summed E-state index contributed by atoms with van der Waals surface area (Å²) in [6, 6.07) is 6.17. The molecule has 2 nitrogen and oxygen atoms in total. The Kier molecular flexibility index (Phi) is 2.69. The molecule has 2 bridgehead atoms. The molecule has 2 aliphatic heterocycles. The fourth-order valence-corrected chi connectivity index (χ4v) is 3.04. The molecule has 0 saturated carbocycles. The van der Waals surface area contributed by atoms with Gasteiger partial charge in [-0.1, -0.05) is 12.1 Å². The highest BCUT2D eigenvalue weighted by Gasteiger charge is 2.52. The number of terminal acetylenes is 1. The lowest BCUT2D eigenvalue weighted by Crippen LogP contribution is -2.17. The number of ether oxygens (including phenoxy) is 2. The summed E-state index contributed by atoms with van der Waals surface area (Å²) < 4.78 is 12.1. The minimum atomic E-state index is -0.354. The minimum Gasteiger partial charge on any atom is -0.493 e. The van der Waals surface area contributed by atoms with Gasteiger partial charge in [0.05, 0.1) is 6.61 Å². The first-order chi connectivity index (χ1) is 9.09. The molecule has 0 radical (unpaired) electrons. The predicted octanol–water partition coefficient (Wildman–Crippen LogP) is 3.51. The zero-order chi connectivity index (χ0) is 13.5. The number of unbranched alkanes of at least 4 members (excludes halogenated alkanes) is 1. The topological polar surface area (TPSA) is 18.5 Å². The van der Waals surface area contributed by atoms with Gasteiger partial charge in [-0.2, -0.15) is 0 Å². The summed E-state index contributed by atoms with van der Waals surface area (Å²) in [6.45, 7) is 4.84. The fraction of sp³-hybridized carbons (Fsp3) is 0.412. The van der Waals surface area contributed by atoms with Gasteiger partial charge in [-0.3, -0.25) is 0 Å². The molecule has 0 amide bonds. The summed E-state index contributed by atoms with van der Waals surface area (Å²) in [5.41, 5.74) is 1.72. The van der Waals surface area contributed by atoms with Crippen molar-refractivity contribution in [3.05, 3.63) is 41.5 Å². The first-order valence-electron chi connectivity index (χ1n) is 6.70. The highest BCUT2D eigenvalue weighted by molar-refractivity contribution is 5.56. The van der Waals surface area contributed by atoms with Gasteiger partial charge in [0.15, 0.2) is 0 Å². The maximum atomic E-state index is 6.16. The van der Waals surface area contributed by atoms with Gasteiger partial charge in [0, 0.05) is 12.0 Å². The molecular formula is C17H18O2. The van der Waals surface area contributed by atoms with Crippen LogP contribution < -0.4 is 4.74 Å². The minimum absolute atomic E-state index is 0.303. The smallest absolute Gasteiger partial charge is 0.126 e. The van der Waals surface area contributed by atoms with E-state index in [0.29, 0.717) is 6.61 Å². The number of fused-ring (bicyclic) bond motifs is 5. The van der Waals surface area contributed by atoms with Crippen molar-refractivity contribution in [2.24, 2.45) is 0 Å². The summed E-state index contributed by atoms with van der Waals surface area (Å²) >= 11 is 0.